The molecule has 4 nitrogen and oxygen atoms in total. The Morgan fingerprint density at radius 3 is 1.30 bits per heavy atom. The van der Waals surface area contributed by atoms with Gasteiger partial charge in [0.2, 0.25) is 0 Å². The number of hydrogen-bond donors (Lipinski definition) is 0. The summed E-state index contributed by atoms with van der Waals surface area (Å²) in [6.07, 6.45) is 4.20. The van der Waals surface area contributed by atoms with Crippen LogP contribution in [-0.4, -0.2) is 28.4 Å². The minimum absolute atomic E-state index is 0.00127. The topological polar surface area (TPSA) is 36.9 Å². The molecular formula is C24H24Cl2O4. The molecule has 30 heavy (non-hydrogen) atoms. The molecule has 0 heterocycles. The zero-order chi connectivity index (χ0) is 21.6. The van der Waals surface area contributed by atoms with Crippen LogP contribution in [0.2, 0.25) is 0 Å². The highest BCUT2D eigenvalue weighted by molar-refractivity contribution is 6.25. The third kappa shape index (κ3) is 3.05. The van der Waals surface area contributed by atoms with Crippen molar-refractivity contribution in [3.63, 3.8) is 0 Å². The summed E-state index contributed by atoms with van der Waals surface area (Å²) in [7, 11) is 6.61. The fraction of sp³-hybridized carbons (Fsp3) is 0.333. The first-order valence-electron chi connectivity index (χ1n) is 9.67. The third-order valence-corrected chi connectivity index (χ3v) is 6.95. The molecule has 0 radical (unpaired) electrons. The lowest BCUT2D eigenvalue weighted by Gasteiger charge is -2.22. The van der Waals surface area contributed by atoms with E-state index in [-0.39, 0.29) is 16.7 Å². The van der Waals surface area contributed by atoms with Crippen molar-refractivity contribution in [2.75, 3.05) is 28.4 Å². The van der Waals surface area contributed by atoms with Crippen LogP contribution < -0.4 is 18.9 Å². The first kappa shape index (κ1) is 21.0. The number of benzene rings is 2. The number of rotatable bonds is 6. The van der Waals surface area contributed by atoms with Crippen molar-refractivity contribution >= 4 is 35.4 Å². The van der Waals surface area contributed by atoms with Gasteiger partial charge in [0.15, 0.2) is 0 Å². The van der Waals surface area contributed by atoms with Crippen molar-refractivity contribution in [2.24, 2.45) is 5.92 Å². The molecule has 0 saturated carbocycles. The highest BCUT2D eigenvalue weighted by Gasteiger charge is 2.38. The Morgan fingerprint density at radius 1 is 0.633 bits per heavy atom. The molecule has 2 aliphatic carbocycles. The maximum atomic E-state index is 6.95. The molecular weight excluding hydrogens is 423 g/mol. The van der Waals surface area contributed by atoms with Crippen LogP contribution in [-0.2, 0) is 0 Å². The smallest absolute Gasteiger partial charge is 0.126 e. The molecule has 0 fully saturated rings. The minimum atomic E-state index is -0.336. The lowest BCUT2D eigenvalue weighted by Crippen LogP contribution is -2.08. The van der Waals surface area contributed by atoms with Gasteiger partial charge in [-0.2, -0.15) is 0 Å². The van der Waals surface area contributed by atoms with Crippen LogP contribution in [0.15, 0.2) is 35.4 Å². The Morgan fingerprint density at radius 2 is 0.967 bits per heavy atom. The van der Waals surface area contributed by atoms with E-state index in [1.165, 1.54) is 0 Å². The zero-order valence-corrected chi connectivity index (χ0v) is 19.1. The second-order valence-corrected chi connectivity index (χ2v) is 8.20. The van der Waals surface area contributed by atoms with Crippen molar-refractivity contribution in [1.82, 2.24) is 0 Å². The highest BCUT2D eigenvalue weighted by Crippen LogP contribution is 2.56. The van der Waals surface area contributed by atoms with Crippen molar-refractivity contribution in [2.45, 2.75) is 17.7 Å². The number of hydrogen-bond acceptors (Lipinski definition) is 4. The quantitative estimate of drug-likeness (QED) is 0.480. The normalized spacial score (nSPS) is 20.1. The van der Waals surface area contributed by atoms with Gasteiger partial charge < -0.3 is 18.9 Å². The number of ether oxygens (including phenoxy) is 4. The summed E-state index contributed by atoms with van der Waals surface area (Å²) in [5, 5.41) is -0.672. The third-order valence-electron chi connectivity index (χ3n) is 6.01. The molecule has 0 spiro atoms. The molecule has 0 bridgehead atoms. The average Bonchev–Trinajstić information content (AvgIpc) is 3.30. The molecule has 0 saturated heterocycles. The van der Waals surface area contributed by atoms with Crippen LogP contribution in [0, 0.1) is 5.92 Å². The molecule has 2 atom stereocenters. The fourth-order valence-corrected chi connectivity index (χ4v) is 5.37. The summed E-state index contributed by atoms with van der Waals surface area (Å²) in [6, 6.07) is 7.57. The molecule has 0 aromatic heterocycles. The van der Waals surface area contributed by atoms with E-state index in [4.69, 9.17) is 42.1 Å². The molecule has 0 aliphatic heterocycles. The van der Waals surface area contributed by atoms with E-state index in [1.54, 1.807) is 28.4 Å². The monoisotopic (exact) mass is 446 g/mol. The lowest BCUT2D eigenvalue weighted by molar-refractivity contribution is 0.398. The number of fused-ring (bicyclic) bond motifs is 2. The van der Waals surface area contributed by atoms with Crippen molar-refractivity contribution in [3.8, 4) is 23.0 Å². The van der Waals surface area contributed by atoms with Gasteiger partial charge in [0.25, 0.3) is 0 Å². The fourth-order valence-electron chi connectivity index (χ4n) is 4.42. The van der Waals surface area contributed by atoms with Crippen LogP contribution in [0.5, 0.6) is 23.0 Å². The van der Waals surface area contributed by atoms with Gasteiger partial charge in [-0.05, 0) is 47.6 Å². The van der Waals surface area contributed by atoms with E-state index in [0.29, 0.717) is 0 Å². The van der Waals surface area contributed by atoms with Gasteiger partial charge in [-0.1, -0.05) is 6.92 Å². The SMILES string of the molecule is COc1ccc(OC)c2c1C=C(C(C)C1=Cc3c(OC)ccc(OC)c3C1Cl)C2Cl. The number of alkyl halides is 2. The predicted molar refractivity (Wildman–Crippen MR) is 121 cm³/mol. The summed E-state index contributed by atoms with van der Waals surface area (Å²) >= 11 is 13.9. The first-order chi connectivity index (χ1) is 14.5. The molecule has 2 aromatic rings. The van der Waals surface area contributed by atoms with Crippen molar-refractivity contribution < 1.29 is 18.9 Å². The predicted octanol–water partition coefficient (Wildman–Crippen LogP) is 6.41. The van der Waals surface area contributed by atoms with Crippen LogP contribution in [0.3, 0.4) is 0 Å². The molecule has 158 valence electrons. The Balaban J connectivity index is 1.76. The first-order valence-corrected chi connectivity index (χ1v) is 10.5. The number of methoxy groups -OCH3 is 4. The Labute approximate surface area is 187 Å². The molecule has 0 N–H and O–H groups in total. The summed E-state index contributed by atoms with van der Waals surface area (Å²) < 4.78 is 22.2. The Hall–Kier alpha value is -2.30. The second kappa shape index (κ2) is 8.09. The number of halogens is 2. The molecule has 0 amide bonds. The summed E-state index contributed by atoms with van der Waals surface area (Å²) in [4.78, 5) is 0. The molecule has 6 heteroatoms. The van der Waals surface area contributed by atoms with E-state index < -0.39 is 0 Å². The van der Waals surface area contributed by atoms with Gasteiger partial charge in [0, 0.05) is 28.2 Å². The zero-order valence-electron chi connectivity index (χ0n) is 17.6. The highest BCUT2D eigenvalue weighted by atomic mass is 35.5. The lowest BCUT2D eigenvalue weighted by atomic mass is 9.89. The van der Waals surface area contributed by atoms with E-state index in [9.17, 15) is 0 Å². The molecule has 2 aromatic carbocycles. The van der Waals surface area contributed by atoms with Gasteiger partial charge >= 0.3 is 0 Å². The van der Waals surface area contributed by atoms with Crippen LogP contribution in [0.4, 0.5) is 0 Å². The molecule has 4 rings (SSSR count). The summed E-state index contributed by atoms with van der Waals surface area (Å²) in [5.74, 6) is 3.04. The summed E-state index contributed by atoms with van der Waals surface area (Å²) in [5.41, 5.74) is 5.87. The van der Waals surface area contributed by atoms with Gasteiger partial charge in [-0.3, -0.25) is 0 Å². The van der Waals surface area contributed by atoms with Crippen molar-refractivity contribution in [1.29, 1.82) is 0 Å². The maximum Gasteiger partial charge on any atom is 0.126 e. The van der Waals surface area contributed by atoms with Gasteiger partial charge in [-0.15, -0.1) is 23.2 Å². The maximum absolute atomic E-state index is 6.95. The van der Waals surface area contributed by atoms with E-state index in [1.807, 2.05) is 24.3 Å². The average molecular weight is 447 g/mol. The molecule has 2 unspecified atom stereocenters. The van der Waals surface area contributed by atoms with Crippen LogP contribution in [0.1, 0.15) is 39.9 Å². The van der Waals surface area contributed by atoms with Crippen molar-refractivity contribution in [3.05, 3.63) is 57.7 Å². The summed E-state index contributed by atoms with van der Waals surface area (Å²) in [6.45, 7) is 2.12. The second-order valence-electron chi connectivity index (χ2n) is 7.33. The van der Waals surface area contributed by atoms with E-state index in [0.717, 1.165) is 56.4 Å². The van der Waals surface area contributed by atoms with Crippen LogP contribution in [0.25, 0.3) is 12.2 Å². The van der Waals surface area contributed by atoms with E-state index >= 15 is 0 Å². The van der Waals surface area contributed by atoms with Gasteiger partial charge in [-0.25, -0.2) is 0 Å². The minimum Gasteiger partial charge on any atom is -0.496 e. The molecule has 2 aliphatic rings. The Kier molecular flexibility index (Phi) is 5.65. The van der Waals surface area contributed by atoms with Gasteiger partial charge in [0.1, 0.15) is 23.0 Å². The standard InChI is InChI=1S/C24H24Cl2O4/c1-12(13-10-15-17(27-2)6-8-19(29-4)21(15)23(13)25)14-11-16-18(28-3)7-9-20(30-5)22(16)24(14)26/h6-12,23-24H,1-5H3. The van der Waals surface area contributed by atoms with Crippen LogP contribution >= 0.6 is 23.2 Å². The van der Waals surface area contributed by atoms with Gasteiger partial charge in [0.05, 0.1) is 39.2 Å². The Bertz CT molecular complexity index is 974. The largest absolute Gasteiger partial charge is 0.496 e. The number of allylic oxidation sites excluding steroid dienone is 2. The van der Waals surface area contributed by atoms with E-state index in [2.05, 4.69) is 19.1 Å².